The molecule has 1 aromatic carbocycles. The molecule has 0 amide bonds. The summed E-state index contributed by atoms with van der Waals surface area (Å²) in [6.07, 6.45) is 0. The van der Waals surface area contributed by atoms with Crippen molar-refractivity contribution in [3.05, 3.63) is 23.8 Å². The van der Waals surface area contributed by atoms with Gasteiger partial charge in [-0.25, -0.2) is 0 Å². The summed E-state index contributed by atoms with van der Waals surface area (Å²) in [7, 11) is 1.65. The molecule has 1 unspecified atom stereocenters. The Bertz CT molecular complexity index is 297. The molecule has 0 spiro atoms. The molecule has 1 aromatic rings. The standard InChI is InChI=1S/C11H17NO2/c1-8-6-10(13-3)4-5-11(8)14-7-9(2)12/h4-6,9H,7,12H2,1-3H3. The fourth-order valence-corrected chi connectivity index (χ4v) is 1.13. The average Bonchev–Trinajstić information content (AvgIpc) is 2.15. The molecule has 0 aromatic heterocycles. The van der Waals surface area contributed by atoms with Crippen LogP contribution in [0.1, 0.15) is 12.5 Å². The van der Waals surface area contributed by atoms with Crippen molar-refractivity contribution in [2.45, 2.75) is 19.9 Å². The van der Waals surface area contributed by atoms with Crippen LogP contribution in [0.2, 0.25) is 0 Å². The van der Waals surface area contributed by atoms with E-state index in [1.165, 1.54) is 0 Å². The van der Waals surface area contributed by atoms with Gasteiger partial charge in [0.2, 0.25) is 0 Å². The molecule has 0 aliphatic heterocycles. The van der Waals surface area contributed by atoms with E-state index in [-0.39, 0.29) is 6.04 Å². The maximum atomic E-state index is 5.60. The number of hydrogen-bond acceptors (Lipinski definition) is 3. The van der Waals surface area contributed by atoms with Gasteiger partial charge in [-0.05, 0) is 37.6 Å². The zero-order valence-electron chi connectivity index (χ0n) is 8.91. The van der Waals surface area contributed by atoms with Crippen LogP contribution >= 0.6 is 0 Å². The van der Waals surface area contributed by atoms with Gasteiger partial charge in [-0.15, -0.1) is 0 Å². The van der Waals surface area contributed by atoms with E-state index >= 15 is 0 Å². The van der Waals surface area contributed by atoms with Crippen molar-refractivity contribution in [3.63, 3.8) is 0 Å². The van der Waals surface area contributed by atoms with Gasteiger partial charge in [0.05, 0.1) is 7.11 Å². The highest BCUT2D eigenvalue weighted by Crippen LogP contribution is 2.22. The van der Waals surface area contributed by atoms with E-state index in [2.05, 4.69) is 0 Å². The third kappa shape index (κ3) is 2.92. The van der Waals surface area contributed by atoms with Gasteiger partial charge in [0.15, 0.2) is 0 Å². The number of benzene rings is 1. The first kappa shape index (κ1) is 10.9. The summed E-state index contributed by atoms with van der Waals surface area (Å²) in [6, 6.07) is 5.77. The molecule has 0 aliphatic carbocycles. The van der Waals surface area contributed by atoms with Crippen molar-refractivity contribution in [2.75, 3.05) is 13.7 Å². The minimum Gasteiger partial charge on any atom is -0.497 e. The Morgan fingerprint density at radius 1 is 1.43 bits per heavy atom. The molecule has 1 atom stereocenters. The Balaban J connectivity index is 2.69. The largest absolute Gasteiger partial charge is 0.497 e. The third-order valence-corrected chi connectivity index (χ3v) is 1.88. The summed E-state index contributed by atoms with van der Waals surface area (Å²) in [5.41, 5.74) is 6.66. The van der Waals surface area contributed by atoms with Gasteiger partial charge >= 0.3 is 0 Å². The molecule has 78 valence electrons. The van der Waals surface area contributed by atoms with Crippen LogP contribution in [-0.2, 0) is 0 Å². The van der Waals surface area contributed by atoms with Gasteiger partial charge in [0.25, 0.3) is 0 Å². The van der Waals surface area contributed by atoms with Crippen molar-refractivity contribution in [3.8, 4) is 11.5 Å². The van der Waals surface area contributed by atoms with E-state index in [4.69, 9.17) is 15.2 Å². The van der Waals surface area contributed by atoms with E-state index in [1.807, 2.05) is 32.0 Å². The summed E-state index contributed by atoms with van der Waals surface area (Å²) >= 11 is 0. The zero-order chi connectivity index (χ0) is 10.6. The van der Waals surface area contributed by atoms with Crippen LogP contribution in [0.25, 0.3) is 0 Å². The summed E-state index contributed by atoms with van der Waals surface area (Å²) in [5.74, 6) is 1.71. The van der Waals surface area contributed by atoms with Crippen LogP contribution in [-0.4, -0.2) is 19.8 Å². The first-order valence-corrected chi connectivity index (χ1v) is 4.66. The van der Waals surface area contributed by atoms with Gasteiger partial charge in [-0.2, -0.15) is 0 Å². The number of nitrogens with two attached hydrogens (primary N) is 1. The number of rotatable bonds is 4. The summed E-state index contributed by atoms with van der Waals surface area (Å²) < 4.78 is 10.6. The lowest BCUT2D eigenvalue weighted by Gasteiger charge is -2.11. The Labute approximate surface area is 84.8 Å². The van der Waals surface area contributed by atoms with Crippen molar-refractivity contribution in [1.29, 1.82) is 0 Å². The van der Waals surface area contributed by atoms with Gasteiger partial charge in [-0.1, -0.05) is 0 Å². The molecule has 0 fully saturated rings. The number of methoxy groups -OCH3 is 1. The Hall–Kier alpha value is -1.22. The molecule has 0 bridgehead atoms. The third-order valence-electron chi connectivity index (χ3n) is 1.88. The molecule has 0 radical (unpaired) electrons. The Morgan fingerprint density at radius 2 is 2.14 bits per heavy atom. The topological polar surface area (TPSA) is 44.5 Å². The van der Waals surface area contributed by atoms with Crippen molar-refractivity contribution in [2.24, 2.45) is 5.73 Å². The van der Waals surface area contributed by atoms with Gasteiger partial charge in [-0.3, -0.25) is 0 Å². The first-order valence-electron chi connectivity index (χ1n) is 4.66. The second-order valence-corrected chi connectivity index (χ2v) is 3.42. The van der Waals surface area contributed by atoms with Crippen molar-refractivity contribution >= 4 is 0 Å². The molecule has 0 saturated carbocycles. The predicted molar refractivity (Wildman–Crippen MR) is 56.9 cm³/mol. The molecule has 3 heteroatoms. The van der Waals surface area contributed by atoms with Gasteiger partial charge in [0, 0.05) is 6.04 Å². The maximum Gasteiger partial charge on any atom is 0.122 e. The molecule has 2 N–H and O–H groups in total. The van der Waals surface area contributed by atoms with Crippen LogP contribution in [0.15, 0.2) is 18.2 Å². The van der Waals surface area contributed by atoms with E-state index in [1.54, 1.807) is 7.11 Å². The average molecular weight is 195 g/mol. The van der Waals surface area contributed by atoms with E-state index in [0.717, 1.165) is 17.1 Å². The van der Waals surface area contributed by atoms with Crippen LogP contribution in [0, 0.1) is 6.92 Å². The van der Waals surface area contributed by atoms with Crippen LogP contribution in [0.3, 0.4) is 0 Å². The van der Waals surface area contributed by atoms with Gasteiger partial charge in [0.1, 0.15) is 18.1 Å². The van der Waals surface area contributed by atoms with Crippen molar-refractivity contribution in [1.82, 2.24) is 0 Å². The maximum absolute atomic E-state index is 5.60. The molecule has 1 rings (SSSR count). The van der Waals surface area contributed by atoms with Crippen LogP contribution in [0.4, 0.5) is 0 Å². The molecule has 3 nitrogen and oxygen atoms in total. The summed E-state index contributed by atoms with van der Waals surface area (Å²) in [6.45, 7) is 4.44. The zero-order valence-corrected chi connectivity index (χ0v) is 8.91. The second kappa shape index (κ2) is 4.86. The summed E-state index contributed by atoms with van der Waals surface area (Å²) in [4.78, 5) is 0. The highest BCUT2D eigenvalue weighted by molar-refractivity contribution is 5.39. The fourth-order valence-electron chi connectivity index (χ4n) is 1.13. The van der Waals surface area contributed by atoms with Crippen LogP contribution in [0.5, 0.6) is 11.5 Å². The minimum absolute atomic E-state index is 0.0523. The van der Waals surface area contributed by atoms with E-state index < -0.39 is 0 Å². The quantitative estimate of drug-likeness (QED) is 0.795. The lowest BCUT2D eigenvalue weighted by molar-refractivity contribution is 0.294. The lowest BCUT2D eigenvalue weighted by atomic mass is 10.2. The highest BCUT2D eigenvalue weighted by atomic mass is 16.5. The number of hydrogen-bond donors (Lipinski definition) is 1. The lowest BCUT2D eigenvalue weighted by Crippen LogP contribution is -2.23. The minimum atomic E-state index is 0.0523. The smallest absolute Gasteiger partial charge is 0.122 e. The normalized spacial score (nSPS) is 12.3. The van der Waals surface area contributed by atoms with Crippen molar-refractivity contribution < 1.29 is 9.47 Å². The highest BCUT2D eigenvalue weighted by Gasteiger charge is 2.02. The number of ether oxygens (including phenoxy) is 2. The Kier molecular flexibility index (Phi) is 3.77. The molecule has 0 saturated heterocycles. The SMILES string of the molecule is COc1ccc(OCC(C)N)c(C)c1. The first-order chi connectivity index (χ1) is 6.63. The number of aryl methyl sites for hydroxylation is 1. The fraction of sp³-hybridized carbons (Fsp3) is 0.455. The molecular weight excluding hydrogens is 178 g/mol. The summed E-state index contributed by atoms with van der Waals surface area (Å²) in [5, 5.41) is 0. The predicted octanol–water partition coefficient (Wildman–Crippen LogP) is 1.73. The van der Waals surface area contributed by atoms with Gasteiger partial charge < -0.3 is 15.2 Å². The second-order valence-electron chi connectivity index (χ2n) is 3.42. The van der Waals surface area contributed by atoms with E-state index in [0.29, 0.717) is 6.61 Å². The monoisotopic (exact) mass is 195 g/mol. The molecule has 14 heavy (non-hydrogen) atoms. The molecule has 0 aliphatic rings. The molecular formula is C11H17NO2. The van der Waals surface area contributed by atoms with E-state index in [9.17, 15) is 0 Å². The molecule has 0 heterocycles. The van der Waals surface area contributed by atoms with Crippen LogP contribution < -0.4 is 15.2 Å². The Morgan fingerprint density at radius 3 is 2.64 bits per heavy atom.